The van der Waals surface area contributed by atoms with Crippen molar-refractivity contribution in [3.05, 3.63) is 16.6 Å². The van der Waals surface area contributed by atoms with Gasteiger partial charge in [-0.25, -0.2) is 8.42 Å². The van der Waals surface area contributed by atoms with Crippen molar-refractivity contribution in [2.24, 2.45) is 0 Å². The van der Waals surface area contributed by atoms with E-state index in [1.807, 2.05) is 6.07 Å². The molecule has 0 aliphatic heterocycles. The molecular formula is C12H16BrN3O3S. The van der Waals surface area contributed by atoms with Crippen molar-refractivity contribution in [1.29, 1.82) is 5.26 Å². The van der Waals surface area contributed by atoms with Gasteiger partial charge in [-0.2, -0.15) is 9.57 Å². The van der Waals surface area contributed by atoms with E-state index >= 15 is 0 Å². The lowest BCUT2D eigenvalue weighted by atomic mass is 10.3. The Morgan fingerprint density at radius 2 is 2.15 bits per heavy atom. The van der Waals surface area contributed by atoms with Gasteiger partial charge in [0.1, 0.15) is 10.6 Å². The molecule has 1 aromatic rings. The fourth-order valence-corrected chi connectivity index (χ4v) is 3.42. The molecule has 110 valence electrons. The van der Waals surface area contributed by atoms with Crippen LogP contribution in [0.4, 0.5) is 5.69 Å². The van der Waals surface area contributed by atoms with Crippen molar-refractivity contribution < 1.29 is 13.2 Å². The summed E-state index contributed by atoms with van der Waals surface area (Å²) in [6, 6.07) is 4.35. The number of halogens is 1. The maximum Gasteiger partial charge on any atom is 0.246 e. The summed E-state index contributed by atoms with van der Waals surface area (Å²) in [6.07, 6.45) is 0.101. The van der Waals surface area contributed by atoms with E-state index in [4.69, 9.17) is 15.7 Å². The predicted molar refractivity (Wildman–Crippen MR) is 79.7 cm³/mol. The van der Waals surface area contributed by atoms with Gasteiger partial charge < -0.3 is 10.5 Å². The third-order valence-corrected chi connectivity index (χ3v) is 5.63. The maximum atomic E-state index is 12.6. The van der Waals surface area contributed by atoms with Crippen LogP contribution >= 0.6 is 15.9 Å². The first-order valence-electron chi connectivity index (χ1n) is 5.73. The molecule has 2 N–H and O–H groups in total. The van der Waals surface area contributed by atoms with Crippen LogP contribution in [0, 0.1) is 11.3 Å². The Kier molecular flexibility index (Phi) is 5.39. The summed E-state index contributed by atoms with van der Waals surface area (Å²) >= 11 is 3.22. The number of nitriles is 1. The minimum Gasteiger partial charge on any atom is -0.495 e. The van der Waals surface area contributed by atoms with Crippen molar-refractivity contribution in [1.82, 2.24) is 4.31 Å². The molecule has 0 amide bonds. The summed E-state index contributed by atoms with van der Waals surface area (Å²) < 4.78 is 31.9. The number of nitrogen functional groups attached to an aromatic ring is 1. The standard InChI is InChI=1S/C12H16BrN3O3S/c1-8(4-5-14)16(2)20(17,18)12-7-10(15)9(13)6-11(12)19-3/h6-8H,4,15H2,1-3H3. The van der Waals surface area contributed by atoms with Crippen molar-refractivity contribution in [2.75, 3.05) is 19.9 Å². The van der Waals surface area contributed by atoms with Gasteiger partial charge in [0.15, 0.2) is 0 Å². The smallest absolute Gasteiger partial charge is 0.246 e. The molecule has 6 nitrogen and oxygen atoms in total. The van der Waals surface area contributed by atoms with Gasteiger partial charge in [-0.15, -0.1) is 0 Å². The summed E-state index contributed by atoms with van der Waals surface area (Å²) in [4.78, 5) is -0.0204. The van der Waals surface area contributed by atoms with E-state index < -0.39 is 16.1 Å². The van der Waals surface area contributed by atoms with Crippen LogP contribution in [0.3, 0.4) is 0 Å². The van der Waals surface area contributed by atoms with Crippen LogP contribution in [0.15, 0.2) is 21.5 Å². The van der Waals surface area contributed by atoms with Crippen molar-refractivity contribution in [3.63, 3.8) is 0 Å². The topological polar surface area (TPSA) is 96.4 Å². The van der Waals surface area contributed by atoms with Crippen molar-refractivity contribution in [3.8, 4) is 11.8 Å². The molecule has 1 rings (SSSR count). The second-order valence-corrected chi connectivity index (χ2v) is 7.08. The van der Waals surface area contributed by atoms with Crippen LogP contribution < -0.4 is 10.5 Å². The molecule has 0 bridgehead atoms. The molecule has 0 aliphatic carbocycles. The quantitative estimate of drug-likeness (QED) is 0.808. The largest absolute Gasteiger partial charge is 0.495 e. The zero-order chi connectivity index (χ0) is 15.5. The van der Waals surface area contributed by atoms with E-state index in [2.05, 4.69) is 15.9 Å². The first-order valence-corrected chi connectivity index (χ1v) is 7.97. The predicted octanol–water partition coefficient (Wildman–Crippen LogP) is 1.96. The Labute approximate surface area is 127 Å². The van der Waals surface area contributed by atoms with E-state index in [-0.39, 0.29) is 17.1 Å². The van der Waals surface area contributed by atoms with E-state index in [1.165, 1.54) is 26.3 Å². The maximum absolute atomic E-state index is 12.6. The van der Waals surface area contributed by atoms with E-state index in [9.17, 15) is 8.42 Å². The fraction of sp³-hybridized carbons (Fsp3) is 0.417. The van der Waals surface area contributed by atoms with Crippen LogP contribution in [0.2, 0.25) is 0 Å². The Morgan fingerprint density at radius 3 is 2.65 bits per heavy atom. The number of rotatable bonds is 5. The van der Waals surface area contributed by atoms with Crippen LogP contribution in [-0.2, 0) is 10.0 Å². The highest BCUT2D eigenvalue weighted by Gasteiger charge is 2.29. The van der Waals surface area contributed by atoms with Crippen LogP contribution in [0.5, 0.6) is 5.75 Å². The number of ether oxygens (including phenoxy) is 1. The summed E-state index contributed by atoms with van der Waals surface area (Å²) in [7, 11) is -0.976. The SMILES string of the molecule is COc1cc(Br)c(N)cc1S(=O)(=O)N(C)C(C)CC#N. The minimum absolute atomic E-state index is 0.0204. The van der Waals surface area contributed by atoms with E-state index in [1.54, 1.807) is 6.92 Å². The van der Waals surface area contributed by atoms with Crippen LogP contribution in [0.1, 0.15) is 13.3 Å². The first kappa shape index (κ1) is 16.8. The number of sulfonamides is 1. The first-order chi connectivity index (χ1) is 9.25. The lowest BCUT2D eigenvalue weighted by molar-refractivity contribution is 0.379. The molecule has 0 aromatic heterocycles. The number of benzene rings is 1. The Morgan fingerprint density at radius 1 is 1.55 bits per heavy atom. The molecule has 0 fully saturated rings. The zero-order valence-corrected chi connectivity index (χ0v) is 13.8. The summed E-state index contributed by atoms with van der Waals surface area (Å²) in [5, 5.41) is 8.68. The second kappa shape index (κ2) is 6.43. The molecular weight excluding hydrogens is 346 g/mol. The highest BCUT2D eigenvalue weighted by molar-refractivity contribution is 9.10. The molecule has 0 saturated carbocycles. The lowest BCUT2D eigenvalue weighted by Crippen LogP contribution is -2.35. The highest BCUT2D eigenvalue weighted by atomic mass is 79.9. The minimum atomic E-state index is -3.79. The van der Waals surface area contributed by atoms with Crippen LogP contribution in [-0.4, -0.2) is 32.9 Å². The number of anilines is 1. The number of nitrogens with zero attached hydrogens (tertiary/aromatic N) is 2. The van der Waals surface area contributed by atoms with Gasteiger partial charge >= 0.3 is 0 Å². The van der Waals surface area contributed by atoms with Crippen molar-refractivity contribution >= 4 is 31.6 Å². The van der Waals surface area contributed by atoms with Gasteiger partial charge in [0.05, 0.1) is 19.6 Å². The summed E-state index contributed by atoms with van der Waals surface area (Å²) in [6.45, 7) is 1.66. The monoisotopic (exact) mass is 361 g/mol. The van der Waals surface area contributed by atoms with Crippen molar-refractivity contribution in [2.45, 2.75) is 24.3 Å². The van der Waals surface area contributed by atoms with Crippen LogP contribution in [0.25, 0.3) is 0 Å². The second-order valence-electron chi connectivity index (χ2n) is 4.26. The normalized spacial score (nSPS) is 13.0. The lowest BCUT2D eigenvalue weighted by Gasteiger charge is -2.23. The third kappa shape index (κ3) is 3.23. The molecule has 1 unspecified atom stereocenters. The van der Waals surface area contributed by atoms with Gasteiger partial charge in [0.25, 0.3) is 0 Å². The van der Waals surface area contributed by atoms with E-state index in [0.29, 0.717) is 10.2 Å². The molecule has 0 radical (unpaired) electrons. The zero-order valence-electron chi connectivity index (χ0n) is 11.4. The van der Waals surface area contributed by atoms with Gasteiger partial charge in [0, 0.05) is 23.2 Å². The third-order valence-electron chi connectivity index (χ3n) is 2.95. The molecule has 20 heavy (non-hydrogen) atoms. The number of nitrogens with two attached hydrogens (primary N) is 1. The Hall–Kier alpha value is -1.30. The molecule has 1 aromatic carbocycles. The van der Waals surface area contributed by atoms with E-state index in [0.717, 1.165) is 4.31 Å². The molecule has 0 aliphatic rings. The molecule has 8 heteroatoms. The van der Waals surface area contributed by atoms with Gasteiger partial charge in [-0.05, 0) is 35.0 Å². The highest BCUT2D eigenvalue weighted by Crippen LogP contribution is 2.34. The molecule has 0 saturated heterocycles. The fourth-order valence-electron chi connectivity index (χ4n) is 1.56. The summed E-state index contributed by atoms with van der Waals surface area (Å²) in [5.41, 5.74) is 6.04. The van der Waals surface area contributed by atoms with Gasteiger partial charge in [-0.1, -0.05) is 0 Å². The Balaban J connectivity index is 3.36. The number of methoxy groups -OCH3 is 1. The molecule has 1 atom stereocenters. The molecule has 0 spiro atoms. The number of hydrogen-bond acceptors (Lipinski definition) is 5. The molecule has 0 heterocycles. The van der Waals surface area contributed by atoms with Gasteiger partial charge in [0.2, 0.25) is 10.0 Å². The Bertz CT molecular complexity index is 640. The average molecular weight is 362 g/mol. The van der Waals surface area contributed by atoms with Gasteiger partial charge in [-0.3, -0.25) is 0 Å². The summed E-state index contributed by atoms with van der Waals surface area (Å²) in [5.74, 6) is 0.196. The number of hydrogen-bond donors (Lipinski definition) is 1. The average Bonchev–Trinajstić information content (AvgIpc) is 2.40.